The lowest BCUT2D eigenvalue weighted by atomic mass is 10.0. The Labute approximate surface area is 207 Å². The number of piperazine rings is 1. The van der Waals surface area contributed by atoms with Crippen molar-refractivity contribution in [2.45, 2.75) is 19.8 Å². The van der Waals surface area contributed by atoms with Crippen LogP contribution in [-0.4, -0.2) is 52.1 Å². The number of fused-ring (bicyclic) bond motifs is 2. The Balaban J connectivity index is 1.37. The van der Waals surface area contributed by atoms with Crippen molar-refractivity contribution in [3.05, 3.63) is 70.7 Å². The number of aryl methyl sites for hydroxylation is 1. The molecule has 0 aliphatic carbocycles. The number of nitrogens with zero attached hydrogens (tertiary/aromatic N) is 5. The summed E-state index contributed by atoms with van der Waals surface area (Å²) in [7, 11) is 0. The van der Waals surface area contributed by atoms with Gasteiger partial charge >= 0.3 is 0 Å². The molecule has 1 amide bonds. The topological polar surface area (TPSA) is 75.4 Å². The fourth-order valence-electron chi connectivity index (χ4n) is 4.65. The van der Waals surface area contributed by atoms with Crippen molar-refractivity contribution in [3.8, 4) is 11.3 Å². The van der Waals surface area contributed by atoms with Gasteiger partial charge in [0, 0.05) is 38.2 Å². The average Bonchev–Trinajstić information content (AvgIpc) is 3.59. The molecule has 4 heterocycles. The Hall–Kier alpha value is -3.78. The molecular formula is C27H25N5O2S. The van der Waals surface area contributed by atoms with E-state index >= 15 is 0 Å². The predicted octanol–water partition coefficient (Wildman–Crippen LogP) is 5.41. The summed E-state index contributed by atoms with van der Waals surface area (Å²) in [5, 5.41) is 9.53. The molecule has 1 fully saturated rings. The largest absolute Gasteiger partial charge is 0.352 e. The molecule has 0 radical (unpaired) electrons. The van der Waals surface area contributed by atoms with Crippen LogP contribution in [0.3, 0.4) is 0 Å². The summed E-state index contributed by atoms with van der Waals surface area (Å²) in [6, 6.07) is 18.4. The second-order valence-corrected chi connectivity index (χ2v) is 9.69. The van der Waals surface area contributed by atoms with Crippen LogP contribution in [0, 0.1) is 0 Å². The molecule has 176 valence electrons. The molecule has 0 atom stereocenters. The van der Waals surface area contributed by atoms with E-state index in [0.717, 1.165) is 51.4 Å². The van der Waals surface area contributed by atoms with Crippen LogP contribution in [0.5, 0.6) is 0 Å². The first-order valence-electron chi connectivity index (χ1n) is 11.9. The Kier molecular flexibility index (Phi) is 5.66. The zero-order valence-electron chi connectivity index (χ0n) is 19.5. The van der Waals surface area contributed by atoms with Crippen molar-refractivity contribution in [2.24, 2.45) is 0 Å². The molecule has 7 nitrogen and oxygen atoms in total. The molecule has 1 saturated heterocycles. The van der Waals surface area contributed by atoms with E-state index in [2.05, 4.69) is 52.3 Å². The number of rotatable bonds is 5. The van der Waals surface area contributed by atoms with Gasteiger partial charge in [-0.1, -0.05) is 54.5 Å². The van der Waals surface area contributed by atoms with Gasteiger partial charge in [-0.3, -0.25) is 4.79 Å². The zero-order chi connectivity index (χ0) is 23.8. The SMILES string of the molecule is CCCc1nc(N2CCN(C(=O)c3cccs3)CC2)c2c(-c3ccc4ccccc4c3)noc2n1. The van der Waals surface area contributed by atoms with E-state index in [9.17, 15) is 4.79 Å². The minimum absolute atomic E-state index is 0.0981. The molecule has 2 aromatic carbocycles. The fourth-order valence-corrected chi connectivity index (χ4v) is 5.35. The third kappa shape index (κ3) is 4.04. The Bertz CT molecular complexity index is 1500. The van der Waals surface area contributed by atoms with E-state index in [1.54, 1.807) is 0 Å². The molecule has 1 aliphatic rings. The van der Waals surface area contributed by atoms with Crippen molar-refractivity contribution < 1.29 is 9.32 Å². The third-order valence-corrected chi connectivity index (χ3v) is 7.32. The van der Waals surface area contributed by atoms with Crippen molar-refractivity contribution in [3.63, 3.8) is 0 Å². The first kappa shape index (κ1) is 21.7. The van der Waals surface area contributed by atoms with Gasteiger partial charge in [0.2, 0.25) is 0 Å². The van der Waals surface area contributed by atoms with Crippen LogP contribution in [-0.2, 0) is 6.42 Å². The van der Waals surface area contributed by atoms with E-state index in [4.69, 9.17) is 9.51 Å². The van der Waals surface area contributed by atoms with Crippen molar-refractivity contribution in [2.75, 3.05) is 31.1 Å². The van der Waals surface area contributed by atoms with Gasteiger partial charge in [-0.2, -0.15) is 4.98 Å². The van der Waals surface area contributed by atoms with Crippen LogP contribution in [0.2, 0.25) is 0 Å². The number of thiophene rings is 1. The van der Waals surface area contributed by atoms with Crippen molar-refractivity contribution in [1.29, 1.82) is 0 Å². The molecular weight excluding hydrogens is 458 g/mol. The Morgan fingerprint density at radius 1 is 1.00 bits per heavy atom. The first-order chi connectivity index (χ1) is 17.2. The minimum atomic E-state index is 0.0981. The summed E-state index contributed by atoms with van der Waals surface area (Å²) in [5.41, 5.74) is 2.24. The molecule has 0 N–H and O–H groups in total. The van der Waals surface area contributed by atoms with E-state index in [1.165, 1.54) is 16.7 Å². The smallest absolute Gasteiger partial charge is 0.264 e. The van der Waals surface area contributed by atoms with Crippen LogP contribution >= 0.6 is 11.3 Å². The van der Waals surface area contributed by atoms with Gasteiger partial charge in [-0.15, -0.1) is 11.3 Å². The maximum absolute atomic E-state index is 12.8. The number of benzene rings is 2. The highest BCUT2D eigenvalue weighted by Crippen LogP contribution is 2.35. The number of amides is 1. The van der Waals surface area contributed by atoms with Gasteiger partial charge in [0.15, 0.2) is 0 Å². The number of hydrogen-bond acceptors (Lipinski definition) is 7. The number of anilines is 1. The lowest BCUT2D eigenvalue weighted by molar-refractivity contribution is 0.0751. The maximum Gasteiger partial charge on any atom is 0.264 e. The molecule has 3 aromatic heterocycles. The Morgan fingerprint density at radius 3 is 2.60 bits per heavy atom. The second-order valence-electron chi connectivity index (χ2n) is 8.74. The van der Waals surface area contributed by atoms with Crippen molar-refractivity contribution >= 4 is 44.9 Å². The molecule has 8 heteroatoms. The highest BCUT2D eigenvalue weighted by molar-refractivity contribution is 7.12. The van der Waals surface area contributed by atoms with Crippen LogP contribution in [0.4, 0.5) is 5.82 Å². The normalized spacial score (nSPS) is 14.2. The minimum Gasteiger partial charge on any atom is -0.352 e. The summed E-state index contributed by atoms with van der Waals surface area (Å²) < 4.78 is 5.75. The monoisotopic (exact) mass is 483 g/mol. The van der Waals surface area contributed by atoms with E-state index in [0.29, 0.717) is 31.9 Å². The lowest BCUT2D eigenvalue weighted by Gasteiger charge is -2.35. The van der Waals surface area contributed by atoms with Crippen LogP contribution < -0.4 is 4.90 Å². The molecule has 6 rings (SSSR count). The summed E-state index contributed by atoms with van der Waals surface area (Å²) in [5.74, 6) is 1.69. The van der Waals surface area contributed by atoms with E-state index in [1.807, 2.05) is 34.5 Å². The molecule has 1 aliphatic heterocycles. The van der Waals surface area contributed by atoms with Crippen molar-refractivity contribution in [1.82, 2.24) is 20.0 Å². The molecule has 35 heavy (non-hydrogen) atoms. The van der Waals surface area contributed by atoms with Gasteiger partial charge in [0.25, 0.3) is 11.6 Å². The molecule has 0 bridgehead atoms. The lowest BCUT2D eigenvalue weighted by Crippen LogP contribution is -2.49. The molecule has 0 saturated carbocycles. The van der Waals surface area contributed by atoms with E-state index < -0.39 is 0 Å². The van der Waals surface area contributed by atoms with Gasteiger partial charge in [0.1, 0.15) is 22.7 Å². The van der Waals surface area contributed by atoms with Gasteiger partial charge in [0.05, 0.1) is 4.88 Å². The summed E-state index contributed by atoms with van der Waals surface area (Å²) in [4.78, 5) is 27.4. The second kappa shape index (κ2) is 9.11. The maximum atomic E-state index is 12.8. The third-order valence-electron chi connectivity index (χ3n) is 6.46. The van der Waals surface area contributed by atoms with E-state index in [-0.39, 0.29) is 5.91 Å². The molecule has 0 unspecified atom stereocenters. The van der Waals surface area contributed by atoms with Crippen LogP contribution in [0.25, 0.3) is 33.1 Å². The quantitative estimate of drug-likeness (QED) is 0.333. The molecule has 0 spiro atoms. The van der Waals surface area contributed by atoms with Gasteiger partial charge < -0.3 is 14.3 Å². The number of carbonyl (C=O) groups is 1. The number of carbonyl (C=O) groups excluding carboxylic acids is 1. The molecule has 5 aromatic rings. The fraction of sp³-hybridized carbons (Fsp3) is 0.259. The standard InChI is InChI=1S/C27H25N5O2S/c1-2-6-22-28-25(31-12-14-32(15-13-31)27(33)21-9-5-16-35-21)23-24(30-34-26(23)29-22)20-11-10-18-7-3-4-8-19(18)17-20/h3-5,7-11,16-17H,2,6,12-15H2,1H3. The zero-order valence-corrected chi connectivity index (χ0v) is 20.3. The highest BCUT2D eigenvalue weighted by atomic mass is 32.1. The Morgan fingerprint density at radius 2 is 1.83 bits per heavy atom. The number of hydrogen-bond donors (Lipinski definition) is 0. The van der Waals surface area contributed by atoms with Crippen LogP contribution in [0.1, 0.15) is 28.8 Å². The summed E-state index contributed by atoms with van der Waals surface area (Å²) in [6.07, 6.45) is 1.71. The van der Waals surface area contributed by atoms with Gasteiger partial charge in [-0.05, 0) is 34.7 Å². The number of aromatic nitrogens is 3. The van der Waals surface area contributed by atoms with Crippen LogP contribution in [0.15, 0.2) is 64.5 Å². The average molecular weight is 484 g/mol. The first-order valence-corrected chi connectivity index (χ1v) is 12.8. The predicted molar refractivity (Wildman–Crippen MR) is 139 cm³/mol. The summed E-state index contributed by atoms with van der Waals surface area (Å²) >= 11 is 1.49. The highest BCUT2D eigenvalue weighted by Gasteiger charge is 2.27. The summed E-state index contributed by atoms with van der Waals surface area (Å²) in [6.45, 7) is 4.78. The van der Waals surface area contributed by atoms with Gasteiger partial charge in [-0.25, -0.2) is 4.98 Å².